The lowest BCUT2D eigenvalue weighted by Gasteiger charge is -2.08. The molecule has 144 valence electrons. The lowest BCUT2D eigenvalue weighted by atomic mass is 10.1. The first-order chi connectivity index (χ1) is 13.6. The molecule has 1 aromatic heterocycles. The number of hydrogen-bond acceptors (Lipinski definition) is 4. The average Bonchev–Trinajstić information content (AvgIpc) is 3.43. The van der Waals surface area contributed by atoms with Gasteiger partial charge in [0.05, 0.1) is 0 Å². The van der Waals surface area contributed by atoms with Gasteiger partial charge in [-0.1, -0.05) is 53.7 Å². The molecule has 1 aliphatic rings. The van der Waals surface area contributed by atoms with Gasteiger partial charge in [0.2, 0.25) is 0 Å². The summed E-state index contributed by atoms with van der Waals surface area (Å²) in [6.45, 7) is 4.99. The maximum Gasteiger partial charge on any atom is 0.251 e. The second-order valence-electron chi connectivity index (χ2n) is 7.15. The smallest absolute Gasteiger partial charge is 0.251 e. The summed E-state index contributed by atoms with van der Waals surface area (Å²) in [5, 5.41) is 12.8. The van der Waals surface area contributed by atoms with Crippen molar-refractivity contribution in [2.75, 3.05) is 0 Å². The van der Waals surface area contributed by atoms with Crippen molar-refractivity contribution in [1.29, 1.82) is 0 Å². The van der Waals surface area contributed by atoms with E-state index in [0.717, 1.165) is 52.8 Å². The van der Waals surface area contributed by atoms with Gasteiger partial charge in [-0.15, -0.1) is 10.2 Å². The number of nitrogens with zero attached hydrogens (tertiary/aromatic N) is 3. The van der Waals surface area contributed by atoms with Crippen LogP contribution in [0.5, 0.6) is 0 Å². The standard InChI is InChI=1S/C22H24N4OS/c1-3-26-20(17-9-7-15(2)8-10-17)24-25-22(26)28-14-16-5-4-6-18(13-16)21(27)23-19-11-12-19/h4-10,13,19H,3,11-12,14H2,1-2H3,(H,23,27). The van der Waals surface area contributed by atoms with Crippen molar-refractivity contribution in [2.45, 2.75) is 50.2 Å². The number of rotatable bonds is 7. The van der Waals surface area contributed by atoms with Crippen molar-refractivity contribution < 1.29 is 4.79 Å². The molecule has 0 unspecified atom stereocenters. The molecule has 1 amide bonds. The van der Waals surface area contributed by atoms with Gasteiger partial charge in [0.25, 0.3) is 5.91 Å². The van der Waals surface area contributed by atoms with Gasteiger partial charge in [-0.3, -0.25) is 4.79 Å². The molecule has 0 saturated heterocycles. The molecule has 1 saturated carbocycles. The summed E-state index contributed by atoms with van der Waals surface area (Å²) >= 11 is 1.65. The van der Waals surface area contributed by atoms with Crippen molar-refractivity contribution in [3.05, 3.63) is 65.2 Å². The van der Waals surface area contributed by atoms with Crippen LogP contribution in [0.25, 0.3) is 11.4 Å². The molecule has 5 nitrogen and oxygen atoms in total. The van der Waals surface area contributed by atoms with E-state index < -0.39 is 0 Å². The monoisotopic (exact) mass is 392 g/mol. The van der Waals surface area contributed by atoms with Crippen LogP contribution < -0.4 is 5.32 Å². The minimum absolute atomic E-state index is 0.0210. The van der Waals surface area contributed by atoms with Gasteiger partial charge in [-0.25, -0.2) is 0 Å². The van der Waals surface area contributed by atoms with Crippen LogP contribution in [0.1, 0.15) is 41.3 Å². The highest BCUT2D eigenvalue weighted by Crippen LogP contribution is 2.27. The molecule has 0 atom stereocenters. The van der Waals surface area contributed by atoms with Crippen molar-refractivity contribution in [3.63, 3.8) is 0 Å². The second kappa shape index (κ2) is 8.19. The van der Waals surface area contributed by atoms with Crippen LogP contribution >= 0.6 is 11.8 Å². The molecular formula is C22H24N4OS. The number of hydrogen-bond donors (Lipinski definition) is 1. The maximum absolute atomic E-state index is 12.3. The number of benzene rings is 2. The Kier molecular flexibility index (Phi) is 5.48. The predicted octanol–water partition coefficient (Wildman–Crippen LogP) is 4.46. The van der Waals surface area contributed by atoms with E-state index in [2.05, 4.69) is 64.3 Å². The first-order valence-electron chi connectivity index (χ1n) is 9.67. The Morgan fingerprint density at radius 1 is 1.18 bits per heavy atom. The predicted molar refractivity (Wildman–Crippen MR) is 112 cm³/mol. The average molecular weight is 393 g/mol. The third kappa shape index (κ3) is 4.28. The number of aryl methyl sites for hydroxylation is 1. The Labute approximate surface area is 169 Å². The van der Waals surface area contributed by atoms with Crippen LogP contribution in [0.3, 0.4) is 0 Å². The van der Waals surface area contributed by atoms with Crippen molar-refractivity contribution >= 4 is 17.7 Å². The Hall–Kier alpha value is -2.60. The first kappa shape index (κ1) is 18.7. The van der Waals surface area contributed by atoms with Crippen molar-refractivity contribution in [3.8, 4) is 11.4 Å². The third-order valence-corrected chi connectivity index (χ3v) is 5.85. The molecule has 0 spiro atoms. The molecule has 1 N–H and O–H groups in total. The molecule has 1 fully saturated rings. The van der Waals surface area contributed by atoms with Gasteiger partial charge in [0, 0.05) is 29.5 Å². The lowest BCUT2D eigenvalue weighted by Crippen LogP contribution is -2.25. The molecule has 0 aliphatic heterocycles. The molecule has 4 rings (SSSR count). The van der Waals surface area contributed by atoms with Crippen LogP contribution in [0.4, 0.5) is 0 Å². The third-order valence-electron chi connectivity index (χ3n) is 4.81. The van der Waals surface area contributed by atoms with Crippen LogP contribution in [-0.2, 0) is 12.3 Å². The first-order valence-corrected chi connectivity index (χ1v) is 10.7. The van der Waals surface area contributed by atoms with Gasteiger partial charge < -0.3 is 9.88 Å². The number of aromatic nitrogens is 3. The summed E-state index contributed by atoms with van der Waals surface area (Å²) in [5.74, 6) is 1.66. The highest BCUT2D eigenvalue weighted by atomic mass is 32.2. The molecule has 1 heterocycles. The summed E-state index contributed by atoms with van der Waals surface area (Å²) in [4.78, 5) is 12.3. The summed E-state index contributed by atoms with van der Waals surface area (Å²) in [5.41, 5.74) is 4.13. The van der Waals surface area contributed by atoms with E-state index in [1.165, 1.54) is 5.56 Å². The molecule has 1 aliphatic carbocycles. The van der Waals surface area contributed by atoms with E-state index in [0.29, 0.717) is 6.04 Å². The Morgan fingerprint density at radius 3 is 2.68 bits per heavy atom. The van der Waals surface area contributed by atoms with E-state index in [9.17, 15) is 4.79 Å². The summed E-state index contributed by atoms with van der Waals surface area (Å²) in [6, 6.07) is 16.6. The number of nitrogens with one attached hydrogen (secondary N) is 1. The van der Waals surface area contributed by atoms with Gasteiger partial charge >= 0.3 is 0 Å². The fraction of sp³-hybridized carbons (Fsp3) is 0.318. The van der Waals surface area contributed by atoms with Gasteiger partial charge in [-0.2, -0.15) is 0 Å². The molecule has 3 aromatic rings. The maximum atomic E-state index is 12.3. The van der Waals surface area contributed by atoms with Crippen molar-refractivity contribution in [1.82, 2.24) is 20.1 Å². The molecule has 0 bridgehead atoms. The summed E-state index contributed by atoms with van der Waals surface area (Å²) < 4.78 is 2.14. The molecule has 2 aromatic carbocycles. The number of amides is 1. The van der Waals surface area contributed by atoms with Crippen LogP contribution in [0.15, 0.2) is 53.7 Å². The number of carbonyl (C=O) groups is 1. The Morgan fingerprint density at radius 2 is 1.96 bits per heavy atom. The second-order valence-corrected chi connectivity index (χ2v) is 8.10. The van der Waals surface area contributed by atoms with Crippen LogP contribution in [0.2, 0.25) is 0 Å². The van der Waals surface area contributed by atoms with Crippen molar-refractivity contribution in [2.24, 2.45) is 0 Å². The van der Waals surface area contributed by atoms with Gasteiger partial charge in [0.15, 0.2) is 11.0 Å². The number of carbonyl (C=O) groups excluding carboxylic acids is 1. The number of thioether (sulfide) groups is 1. The minimum Gasteiger partial charge on any atom is -0.349 e. The Bertz CT molecular complexity index is 976. The zero-order valence-electron chi connectivity index (χ0n) is 16.2. The molecule has 6 heteroatoms. The largest absolute Gasteiger partial charge is 0.349 e. The van der Waals surface area contributed by atoms with E-state index in [1.807, 2.05) is 18.2 Å². The minimum atomic E-state index is 0.0210. The van der Waals surface area contributed by atoms with E-state index in [-0.39, 0.29) is 5.91 Å². The topological polar surface area (TPSA) is 59.8 Å². The Balaban J connectivity index is 1.47. The summed E-state index contributed by atoms with van der Waals surface area (Å²) in [6.07, 6.45) is 2.19. The fourth-order valence-corrected chi connectivity index (χ4v) is 3.99. The highest BCUT2D eigenvalue weighted by molar-refractivity contribution is 7.98. The van der Waals surface area contributed by atoms with Gasteiger partial charge in [0.1, 0.15) is 0 Å². The molecule has 0 radical (unpaired) electrons. The van der Waals surface area contributed by atoms with Crippen LogP contribution in [-0.4, -0.2) is 26.7 Å². The zero-order chi connectivity index (χ0) is 19.5. The van der Waals surface area contributed by atoms with E-state index in [4.69, 9.17) is 0 Å². The molecular weight excluding hydrogens is 368 g/mol. The van der Waals surface area contributed by atoms with Crippen LogP contribution in [0, 0.1) is 6.92 Å². The lowest BCUT2D eigenvalue weighted by molar-refractivity contribution is 0.0951. The SMILES string of the molecule is CCn1c(SCc2cccc(C(=O)NC3CC3)c2)nnc1-c1ccc(C)cc1. The fourth-order valence-electron chi connectivity index (χ4n) is 3.04. The normalized spacial score (nSPS) is 13.5. The van der Waals surface area contributed by atoms with E-state index >= 15 is 0 Å². The molecule has 28 heavy (non-hydrogen) atoms. The highest BCUT2D eigenvalue weighted by Gasteiger charge is 2.23. The quantitative estimate of drug-likeness (QED) is 0.603. The van der Waals surface area contributed by atoms with E-state index in [1.54, 1.807) is 11.8 Å². The zero-order valence-corrected chi connectivity index (χ0v) is 17.0. The van der Waals surface area contributed by atoms with Gasteiger partial charge in [-0.05, 0) is 44.4 Å². The summed E-state index contributed by atoms with van der Waals surface area (Å²) in [7, 11) is 0.